The fourth-order valence-electron chi connectivity index (χ4n) is 6.01. The Morgan fingerprint density at radius 3 is 1.78 bits per heavy atom. The molecule has 8 heteroatoms. The second kappa shape index (κ2) is 32.2. The molecule has 0 saturated heterocycles. The van der Waals surface area contributed by atoms with E-state index in [0.29, 0.717) is 38.8 Å². The summed E-state index contributed by atoms with van der Waals surface area (Å²) in [5, 5.41) is 0. The van der Waals surface area contributed by atoms with Crippen molar-refractivity contribution in [1.29, 1.82) is 0 Å². The molecule has 0 aliphatic heterocycles. The molecule has 4 unspecified atom stereocenters. The zero-order chi connectivity index (χ0) is 44.7. The summed E-state index contributed by atoms with van der Waals surface area (Å²) in [6, 6.07) is 27.8. The van der Waals surface area contributed by atoms with Gasteiger partial charge in [-0.3, -0.25) is 4.79 Å². The van der Waals surface area contributed by atoms with E-state index in [0.717, 1.165) is 74.9 Å². The van der Waals surface area contributed by atoms with Crippen LogP contribution in [0.15, 0.2) is 84.9 Å². The molecule has 0 aliphatic carbocycles. The summed E-state index contributed by atoms with van der Waals surface area (Å²) in [7, 11) is 0. The lowest BCUT2D eigenvalue weighted by Gasteiger charge is -2.33. The highest BCUT2D eigenvalue weighted by molar-refractivity contribution is 5.38. The lowest BCUT2D eigenvalue weighted by molar-refractivity contribution is -0.151. The van der Waals surface area contributed by atoms with Crippen LogP contribution in [0.25, 0.3) is 0 Å². The summed E-state index contributed by atoms with van der Waals surface area (Å²) >= 11 is 0. The van der Waals surface area contributed by atoms with Gasteiger partial charge in [-0.2, -0.15) is 0 Å². The van der Waals surface area contributed by atoms with Crippen molar-refractivity contribution in [1.82, 2.24) is 0 Å². The summed E-state index contributed by atoms with van der Waals surface area (Å²) in [5.41, 5.74) is 0.404. The molecule has 0 aliphatic rings. The monoisotopic (exact) mass is 837 g/mol. The van der Waals surface area contributed by atoms with E-state index < -0.39 is 5.60 Å². The minimum absolute atomic E-state index is 0.0623. The van der Waals surface area contributed by atoms with Gasteiger partial charge in [-0.05, 0) is 104 Å². The average molecular weight is 837 g/mol. The second-order valence-corrected chi connectivity index (χ2v) is 17.2. The molecular weight excluding hydrogens is 753 g/mol. The third-order valence-corrected chi connectivity index (χ3v) is 10.5. The van der Waals surface area contributed by atoms with Crippen LogP contribution < -0.4 is 14.2 Å². The van der Waals surface area contributed by atoms with E-state index in [1.807, 2.05) is 100 Å². The van der Waals surface area contributed by atoms with Gasteiger partial charge in [0.05, 0.1) is 50.2 Å². The van der Waals surface area contributed by atoms with Gasteiger partial charge in [0.25, 0.3) is 6.47 Å². The fraction of sp³-hybridized carbons (Fsp3) is 0.635. The Hall–Kier alpha value is -3.59. The Morgan fingerprint density at radius 1 is 0.600 bits per heavy atom. The molecule has 3 aromatic carbocycles. The van der Waals surface area contributed by atoms with Crippen molar-refractivity contribution in [2.45, 2.75) is 158 Å². The highest BCUT2D eigenvalue weighted by Gasteiger charge is 2.33. The van der Waals surface area contributed by atoms with Gasteiger partial charge < -0.3 is 33.2 Å². The lowest BCUT2D eigenvalue weighted by Crippen LogP contribution is -2.41. The number of ether oxygens (including phenoxy) is 7. The van der Waals surface area contributed by atoms with Crippen molar-refractivity contribution in [3.05, 3.63) is 90.5 Å². The number of hydrogen-bond acceptors (Lipinski definition) is 8. The van der Waals surface area contributed by atoms with E-state index in [1.54, 1.807) is 0 Å². The Morgan fingerprint density at radius 2 is 1.18 bits per heavy atom. The minimum Gasteiger partial charge on any atom is -0.493 e. The first kappa shape index (κ1) is 54.4. The van der Waals surface area contributed by atoms with Crippen molar-refractivity contribution >= 4 is 6.47 Å². The van der Waals surface area contributed by atoms with Crippen LogP contribution in [-0.2, 0) is 23.7 Å². The zero-order valence-corrected chi connectivity index (χ0v) is 39.7. The van der Waals surface area contributed by atoms with Gasteiger partial charge in [0.1, 0.15) is 22.8 Å². The van der Waals surface area contributed by atoms with Gasteiger partial charge in [-0.25, -0.2) is 0 Å². The van der Waals surface area contributed by atoms with Crippen molar-refractivity contribution in [2.24, 2.45) is 17.8 Å². The fourth-order valence-corrected chi connectivity index (χ4v) is 6.01. The van der Waals surface area contributed by atoms with E-state index >= 15 is 0 Å². The largest absolute Gasteiger partial charge is 0.493 e. The van der Waals surface area contributed by atoms with Crippen molar-refractivity contribution < 1.29 is 38.0 Å². The molecule has 0 heterocycles. The molecule has 60 heavy (non-hydrogen) atoms. The molecule has 0 saturated carbocycles. The number of para-hydroxylation sites is 1. The van der Waals surface area contributed by atoms with E-state index in [4.69, 9.17) is 33.2 Å². The summed E-state index contributed by atoms with van der Waals surface area (Å²) in [5.74, 6) is 3.41. The first-order chi connectivity index (χ1) is 28.7. The van der Waals surface area contributed by atoms with E-state index in [1.165, 1.54) is 18.4 Å². The highest BCUT2D eigenvalue weighted by Crippen LogP contribution is 2.26. The molecule has 0 fully saturated rings. The molecule has 3 rings (SSSR count). The van der Waals surface area contributed by atoms with Crippen LogP contribution in [-0.4, -0.2) is 69.5 Å². The van der Waals surface area contributed by atoms with Gasteiger partial charge in [0.15, 0.2) is 0 Å². The maximum absolute atomic E-state index is 11.1. The van der Waals surface area contributed by atoms with Gasteiger partial charge in [-0.15, -0.1) is 0 Å². The molecule has 4 atom stereocenters. The van der Waals surface area contributed by atoms with Gasteiger partial charge in [-0.1, -0.05) is 114 Å². The number of carbonyl (C=O) groups is 1. The molecule has 0 amide bonds. The molecule has 3 aromatic rings. The number of rotatable bonds is 30. The standard InChI is InChI=1S/C43H70O8.C7H8.C2H6/c1-34(2)18-13-16-27-50-42(6,7)25-29-47-41-23-17-22-40(30-41)46-28-24-36(4)45-26-15-14-19-35(3)37(5)48-31-38(43(8,9)51-33-44)32-49-39-20-11-10-12-21-39;1-7-5-3-2-4-6-7;1-2/h10-12,17,20-23,30,33-38H,13-16,18-19,24-29,31-32H2,1-9H3;2-6H,1H3;1-2H3. The topological polar surface area (TPSA) is 81.7 Å². The van der Waals surface area contributed by atoms with Gasteiger partial charge >= 0.3 is 0 Å². The second-order valence-electron chi connectivity index (χ2n) is 17.2. The Bertz CT molecular complexity index is 1440. The number of unbranched alkanes of at least 4 members (excludes halogenated alkanes) is 2. The van der Waals surface area contributed by atoms with Crippen LogP contribution in [0, 0.1) is 24.7 Å². The lowest BCUT2D eigenvalue weighted by atomic mass is 9.91. The van der Waals surface area contributed by atoms with E-state index in [2.05, 4.69) is 67.5 Å². The molecule has 0 aromatic heterocycles. The van der Waals surface area contributed by atoms with Gasteiger partial charge in [0, 0.05) is 32.1 Å². The zero-order valence-electron chi connectivity index (χ0n) is 39.7. The maximum atomic E-state index is 11.1. The molecule has 8 nitrogen and oxygen atoms in total. The SMILES string of the molecule is CC.CC(C)CCCCOC(C)(C)CCOc1cccc(OCCC(C)OCCCCC(C)C(C)OCC(COc2ccccc2)C(C)(C)OC=O)c1.Cc1ccccc1. The molecular formula is C52H84O8. The summed E-state index contributed by atoms with van der Waals surface area (Å²) < 4.78 is 41.9. The quantitative estimate of drug-likeness (QED) is 0.0485. The number of carbonyl (C=O) groups excluding carboxylic acids is 1. The molecule has 0 N–H and O–H groups in total. The van der Waals surface area contributed by atoms with E-state index in [-0.39, 0.29) is 23.7 Å². The maximum Gasteiger partial charge on any atom is 0.293 e. The van der Waals surface area contributed by atoms with Crippen LogP contribution in [0.4, 0.5) is 0 Å². The van der Waals surface area contributed by atoms with Crippen LogP contribution in [0.1, 0.15) is 133 Å². The normalized spacial score (nSPS) is 13.4. The predicted octanol–water partition coefficient (Wildman–Crippen LogP) is 13.1. The molecule has 0 bridgehead atoms. The number of aryl methyl sites for hydroxylation is 1. The summed E-state index contributed by atoms with van der Waals surface area (Å²) in [6.45, 7) is 29.1. The molecule has 340 valence electrons. The third kappa shape index (κ3) is 26.6. The smallest absolute Gasteiger partial charge is 0.293 e. The van der Waals surface area contributed by atoms with Crippen LogP contribution in [0.2, 0.25) is 0 Å². The predicted molar refractivity (Wildman–Crippen MR) is 248 cm³/mol. The van der Waals surface area contributed by atoms with Crippen LogP contribution in [0.5, 0.6) is 17.2 Å². The Balaban J connectivity index is 0.00000178. The van der Waals surface area contributed by atoms with Gasteiger partial charge in [0.2, 0.25) is 0 Å². The first-order valence-electron chi connectivity index (χ1n) is 22.7. The summed E-state index contributed by atoms with van der Waals surface area (Å²) in [6.07, 6.45) is 8.50. The number of hydrogen-bond donors (Lipinski definition) is 0. The van der Waals surface area contributed by atoms with Crippen molar-refractivity contribution in [3.8, 4) is 17.2 Å². The first-order valence-corrected chi connectivity index (χ1v) is 22.7. The molecule has 0 spiro atoms. The average Bonchev–Trinajstić information content (AvgIpc) is 3.22. The Labute approximate surface area is 366 Å². The highest BCUT2D eigenvalue weighted by atomic mass is 16.5. The van der Waals surface area contributed by atoms with E-state index in [9.17, 15) is 4.79 Å². The summed E-state index contributed by atoms with van der Waals surface area (Å²) in [4.78, 5) is 11.1. The van der Waals surface area contributed by atoms with Crippen LogP contribution >= 0.6 is 0 Å². The molecule has 0 radical (unpaired) electrons. The van der Waals surface area contributed by atoms with Crippen molar-refractivity contribution in [3.63, 3.8) is 0 Å². The van der Waals surface area contributed by atoms with Crippen molar-refractivity contribution in [2.75, 3.05) is 39.6 Å². The minimum atomic E-state index is -0.712. The Kier molecular flexibility index (Phi) is 29.2. The van der Waals surface area contributed by atoms with Crippen LogP contribution in [0.3, 0.4) is 0 Å². The number of benzene rings is 3. The third-order valence-electron chi connectivity index (χ3n) is 10.5.